The van der Waals surface area contributed by atoms with Crippen molar-refractivity contribution in [3.05, 3.63) is 11.3 Å². The van der Waals surface area contributed by atoms with Crippen molar-refractivity contribution in [2.75, 3.05) is 13.2 Å². The SMILES string of the molecule is CC1=C(C(=O)O)CCC(=O)N1C[C@H]1CCCO1. The molecule has 17 heavy (non-hydrogen) atoms. The van der Waals surface area contributed by atoms with Gasteiger partial charge in [0.15, 0.2) is 0 Å². The first-order chi connectivity index (χ1) is 8.09. The van der Waals surface area contributed by atoms with Gasteiger partial charge in [0.1, 0.15) is 0 Å². The molecule has 5 nitrogen and oxygen atoms in total. The summed E-state index contributed by atoms with van der Waals surface area (Å²) in [5.41, 5.74) is 0.923. The van der Waals surface area contributed by atoms with Gasteiger partial charge in [0.25, 0.3) is 0 Å². The van der Waals surface area contributed by atoms with E-state index in [-0.39, 0.29) is 18.4 Å². The Labute approximate surface area is 100 Å². The predicted molar refractivity (Wildman–Crippen MR) is 60.3 cm³/mol. The standard InChI is InChI=1S/C12H17NO4/c1-8-10(12(15)16)4-5-11(14)13(8)7-9-3-2-6-17-9/h9H,2-7H2,1H3,(H,15,16)/t9-/m1/s1. The number of carbonyl (C=O) groups excluding carboxylic acids is 1. The summed E-state index contributed by atoms with van der Waals surface area (Å²) in [5, 5.41) is 9.05. The van der Waals surface area contributed by atoms with E-state index in [0.717, 1.165) is 19.4 Å². The quantitative estimate of drug-likeness (QED) is 0.802. The number of allylic oxidation sites excluding steroid dienone is 1. The van der Waals surface area contributed by atoms with Gasteiger partial charge in [0, 0.05) is 18.7 Å². The largest absolute Gasteiger partial charge is 0.478 e. The summed E-state index contributed by atoms with van der Waals surface area (Å²) >= 11 is 0. The van der Waals surface area contributed by atoms with E-state index >= 15 is 0 Å². The Hall–Kier alpha value is -1.36. The van der Waals surface area contributed by atoms with Crippen LogP contribution in [0.1, 0.15) is 32.6 Å². The zero-order valence-electron chi connectivity index (χ0n) is 9.94. The van der Waals surface area contributed by atoms with E-state index in [2.05, 4.69) is 0 Å². The fraction of sp³-hybridized carbons (Fsp3) is 0.667. The van der Waals surface area contributed by atoms with Crippen LogP contribution in [-0.4, -0.2) is 41.1 Å². The van der Waals surface area contributed by atoms with Crippen LogP contribution in [-0.2, 0) is 14.3 Å². The molecule has 5 heteroatoms. The van der Waals surface area contributed by atoms with Gasteiger partial charge in [0.2, 0.25) is 5.91 Å². The second kappa shape index (κ2) is 4.87. The Bertz CT molecular complexity index is 369. The summed E-state index contributed by atoms with van der Waals surface area (Å²) in [6.45, 7) is 2.93. The normalized spacial score (nSPS) is 25.6. The Kier molecular flexibility index (Phi) is 3.47. The van der Waals surface area contributed by atoms with Gasteiger partial charge in [-0.15, -0.1) is 0 Å². The molecule has 1 amide bonds. The van der Waals surface area contributed by atoms with Crippen LogP contribution in [0.5, 0.6) is 0 Å². The average Bonchev–Trinajstić information content (AvgIpc) is 2.76. The zero-order valence-corrected chi connectivity index (χ0v) is 9.94. The van der Waals surface area contributed by atoms with Gasteiger partial charge in [-0.25, -0.2) is 4.79 Å². The molecule has 0 aromatic heterocycles. The maximum atomic E-state index is 11.8. The van der Waals surface area contributed by atoms with Gasteiger partial charge in [0.05, 0.1) is 18.2 Å². The van der Waals surface area contributed by atoms with Crippen LogP contribution in [0.25, 0.3) is 0 Å². The highest BCUT2D eigenvalue weighted by Gasteiger charge is 2.30. The first-order valence-corrected chi connectivity index (χ1v) is 5.94. The van der Waals surface area contributed by atoms with E-state index in [1.807, 2.05) is 0 Å². The van der Waals surface area contributed by atoms with Crippen LogP contribution in [0, 0.1) is 0 Å². The Morgan fingerprint density at radius 2 is 2.29 bits per heavy atom. The molecular weight excluding hydrogens is 222 g/mol. The van der Waals surface area contributed by atoms with Crippen molar-refractivity contribution < 1.29 is 19.4 Å². The van der Waals surface area contributed by atoms with Crippen LogP contribution < -0.4 is 0 Å². The third kappa shape index (κ3) is 2.49. The third-order valence-electron chi connectivity index (χ3n) is 3.40. The van der Waals surface area contributed by atoms with Crippen molar-refractivity contribution in [2.24, 2.45) is 0 Å². The summed E-state index contributed by atoms with van der Waals surface area (Å²) in [6, 6.07) is 0. The molecule has 0 unspecified atom stereocenters. The summed E-state index contributed by atoms with van der Waals surface area (Å²) in [6.07, 6.45) is 2.64. The van der Waals surface area contributed by atoms with Crippen molar-refractivity contribution in [3.63, 3.8) is 0 Å². The van der Waals surface area contributed by atoms with E-state index < -0.39 is 5.97 Å². The number of aliphatic carboxylic acids is 1. The number of carboxylic acids is 1. The lowest BCUT2D eigenvalue weighted by Gasteiger charge is -2.30. The maximum absolute atomic E-state index is 11.8. The molecule has 1 N–H and O–H groups in total. The minimum Gasteiger partial charge on any atom is -0.478 e. The molecule has 0 bridgehead atoms. The molecule has 2 aliphatic rings. The van der Waals surface area contributed by atoms with Crippen LogP contribution in [0.4, 0.5) is 0 Å². The number of carboxylic acid groups (broad SMARTS) is 1. The van der Waals surface area contributed by atoms with E-state index in [1.165, 1.54) is 0 Å². The third-order valence-corrected chi connectivity index (χ3v) is 3.40. The second-order valence-corrected chi connectivity index (χ2v) is 4.51. The summed E-state index contributed by atoms with van der Waals surface area (Å²) < 4.78 is 5.48. The molecule has 0 spiro atoms. The van der Waals surface area contributed by atoms with Crippen LogP contribution in [0.15, 0.2) is 11.3 Å². The summed E-state index contributed by atoms with van der Waals surface area (Å²) in [4.78, 5) is 24.4. The highest BCUT2D eigenvalue weighted by atomic mass is 16.5. The fourth-order valence-corrected chi connectivity index (χ4v) is 2.39. The molecule has 2 rings (SSSR count). The number of ether oxygens (including phenoxy) is 1. The molecule has 0 saturated carbocycles. The van der Waals surface area contributed by atoms with Crippen LogP contribution in [0.2, 0.25) is 0 Å². The van der Waals surface area contributed by atoms with E-state index in [9.17, 15) is 9.59 Å². The number of hydrogen-bond acceptors (Lipinski definition) is 3. The highest BCUT2D eigenvalue weighted by Crippen LogP contribution is 2.25. The number of rotatable bonds is 3. The smallest absolute Gasteiger partial charge is 0.333 e. The lowest BCUT2D eigenvalue weighted by molar-refractivity contribution is -0.135. The van der Waals surface area contributed by atoms with Gasteiger partial charge < -0.3 is 14.7 Å². The van der Waals surface area contributed by atoms with Gasteiger partial charge in [-0.1, -0.05) is 0 Å². The van der Waals surface area contributed by atoms with Gasteiger partial charge in [-0.3, -0.25) is 4.79 Å². The van der Waals surface area contributed by atoms with Gasteiger partial charge in [-0.2, -0.15) is 0 Å². The Balaban J connectivity index is 2.14. The number of carbonyl (C=O) groups is 2. The average molecular weight is 239 g/mol. The number of hydrogen-bond donors (Lipinski definition) is 1. The van der Waals surface area contributed by atoms with Gasteiger partial charge in [-0.05, 0) is 26.2 Å². The molecule has 0 aromatic carbocycles. The van der Waals surface area contributed by atoms with E-state index in [0.29, 0.717) is 24.2 Å². The topological polar surface area (TPSA) is 66.8 Å². The van der Waals surface area contributed by atoms with E-state index in [1.54, 1.807) is 11.8 Å². The van der Waals surface area contributed by atoms with E-state index in [4.69, 9.17) is 9.84 Å². The minimum absolute atomic E-state index is 0.00278. The lowest BCUT2D eigenvalue weighted by Crippen LogP contribution is -2.39. The summed E-state index contributed by atoms with van der Waals surface area (Å²) in [5.74, 6) is -0.921. The van der Waals surface area contributed by atoms with Gasteiger partial charge >= 0.3 is 5.97 Å². The minimum atomic E-state index is -0.924. The summed E-state index contributed by atoms with van der Waals surface area (Å²) in [7, 11) is 0. The molecule has 2 aliphatic heterocycles. The molecular formula is C12H17NO4. The van der Waals surface area contributed by atoms with Crippen molar-refractivity contribution in [2.45, 2.75) is 38.7 Å². The molecule has 94 valence electrons. The van der Waals surface area contributed by atoms with Crippen molar-refractivity contribution in [1.29, 1.82) is 0 Å². The molecule has 2 heterocycles. The van der Waals surface area contributed by atoms with Crippen LogP contribution in [0.3, 0.4) is 0 Å². The first-order valence-electron chi connectivity index (χ1n) is 5.94. The molecule has 1 atom stereocenters. The number of amides is 1. The second-order valence-electron chi connectivity index (χ2n) is 4.51. The monoisotopic (exact) mass is 239 g/mol. The predicted octanol–water partition coefficient (Wildman–Crippen LogP) is 1.15. The molecule has 0 radical (unpaired) electrons. The molecule has 0 aliphatic carbocycles. The molecule has 0 aromatic rings. The Morgan fingerprint density at radius 1 is 1.53 bits per heavy atom. The fourth-order valence-electron chi connectivity index (χ4n) is 2.39. The first kappa shape index (κ1) is 12.1. The maximum Gasteiger partial charge on any atom is 0.333 e. The molecule has 1 saturated heterocycles. The van der Waals surface area contributed by atoms with Crippen molar-refractivity contribution >= 4 is 11.9 Å². The van der Waals surface area contributed by atoms with Crippen molar-refractivity contribution in [1.82, 2.24) is 4.90 Å². The van der Waals surface area contributed by atoms with Crippen molar-refractivity contribution in [3.8, 4) is 0 Å². The highest BCUT2D eigenvalue weighted by molar-refractivity contribution is 5.92. The zero-order chi connectivity index (χ0) is 12.4. The number of nitrogens with zero attached hydrogens (tertiary/aromatic N) is 1. The lowest BCUT2D eigenvalue weighted by atomic mass is 10.0. The van der Waals surface area contributed by atoms with Crippen LogP contribution >= 0.6 is 0 Å². The molecule has 1 fully saturated rings. The Morgan fingerprint density at radius 3 is 2.88 bits per heavy atom.